The van der Waals surface area contributed by atoms with Crippen molar-refractivity contribution in [2.45, 2.75) is 11.8 Å². The van der Waals surface area contributed by atoms with Gasteiger partial charge in [0, 0.05) is 80.2 Å². The summed E-state index contributed by atoms with van der Waals surface area (Å²) in [6.07, 6.45) is 8.01. The van der Waals surface area contributed by atoms with E-state index in [1.807, 2.05) is 49.1 Å². The Hall–Kier alpha value is -7.32. The maximum absolute atomic E-state index is 10.4. The zero-order valence-corrected chi connectivity index (χ0v) is 28.8. The van der Waals surface area contributed by atoms with E-state index in [0.717, 1.165) is 88.1 Å². The zero-order chi connectivity index (χ0) is 36.5. The molecule has 0 saturated heterocycles. The van der Waals surface area contributed by atoms with E-state index in [4.69, 9.17) is 0 Å². The molecular formula is C46H34N4O4. The number of aromatic nitrogens is 4. The maximum Gasteiger partial charge on any atom is 0.116 e. The van der Waals surface area contributed by atoms with Crippen molar-refractivity contribution in [1.82, 2.24) is 19.9 Å². The van der Waals surface area contributed by atoms with Crippen LogP contribution in [0, 0.1) is 0 Å². The van der Waals surface area contributed by atoms with Crippen LogP contribution >= 0.6 is 0 Å². The largest absolute Gasteiger partial charge is 0.508 e. The highest BCUT2D eigenvalue weighted by Gasteiger charge is 2.26. The Morgan fingerprint density at radius 2 is 0.574 bits per heavy atom. The summed E-state index contributed by atoms with van der Waals surface area (Å²) in [5.41, 5.74) is 12.0. The summed E-state index contributed by atoms with van der Waals surface area (Å²) < 4.78 is 0. The minimum atomic E-state index is -0.195. The van der Waals surface area contributed by atoms with Crippen LogP contribution in [0.2, 0.25) is 0 Å². The number of H-pyrrole nitrogens is 4. The predicted octanol–water partition coefficient (Wildman–Crippen LogP) is 10.5. The van der Waals surface area contributed by atoms with Gasteiger partial charge in [0.05, 0.1) is 0 Å². The summed E-state index contributed by atoms with van der Waals surface area (Å²) in [6.45, 7) is 0. The SMILES string of the molecule is Oc1ccc2[nH]cc(C(c3ccc(-c4ccc(C(c5c[nH]c6ccc(O)cc56)c5c[nH]c6ccc(O)cc56)cc4)cc3)c3c[nH]c4ccc(O)cc34)c2c1. The second kappa shape index (κ2) is 12.1. The average Bonchev–Trinajstić information content (AvgIpc) is 3.99. The molecule has 0 fully saturated rings. The van der Waals surface area contributed by atoms with Gasteiger partial charge in [-0.2, -0.15) is 0 Å². The normalized spacial score (nSPS) is 12.0. The van der Waals surface area contributed by atoms with E-state index in [2.05, 4.69) is 68.5 Å². The lowest BCUT2D eigenvalue weighted by molar-refractivity contribution is 0.475. The third-order valence-corrected chi connectivity index (χ3v) is 10.9. The van der Waals surface area contributed by atoms with Crippen LogP contribution in [-0.2, 0) is 0 Å². The highest BCUT2D eigenvalue weighted by atomic mass is 16.3. The van der Waals surface area contributed by atoms with Gasteiger partial charge < -0.3 is 40.4 Å². The molecule has 0 unspecified atom stereocenters. The standard InChI is InChI=1S/C46H34N4O4/c51-29-9-13-41-33(17-29)37(21-47-41)45(38-22-48-42-14-10-30(52)18-34(38)42)27-5-1-25(2-6-27)26-3-7-28(8-4-26)46(39-23-49-43-15-11-31(53)19-35(39)43)40-24-50-44-16-12-32(54)20-36(40)44/h1-24,45-54H. The van der Waals surface area contributed by atoms with Gasteiger partial charge in [0.1, 0.15) is 23.0 Å². The van der Waals surface area contributed by atoms with Crippen LogP contribution in [0.15, 0.2) is 146 Å². The van der Waals surface area contributed by atoms with Gasteiger partial charge in [-0.25, -0.2) is 0 Å². The molecule has 0 spiro atoms. The van der Waals surface area contributed by atoms with Gasteiger partial charge in [-0.1, -0.05) is 48.5 Å². The molecule has 0 bridgehead atoms. The molecule has 4 aromatic heterocycles. The zero-order valence-electron chi connectivity index (χ0n) is 28.8. The van der Waals surface area contributed by atoms with Crippen molar-refractivity contribution in [3.63, 3.8) is 0 Å². The molecule has 0 aliphatic carbocycles. The number of hydrogen-bond donors (Lipinski definition) is 8. The van der Waals surface area contributed by atoms with Crippen molar-refractivity contribution >= 4 is 43.6 Å². The Morgan fingerprint density at radius 3 is 0.833 bits per heavy atom. The van der Waals surface area contributed by atoms with Crippen LogP contribution in [0.3, 0.4) is 0 Å². The summed E-state index contributed by atoms with van der Waals surface area (Å²) in [5.74, 6) is 0.408. The number of aromatic hydroxyl groups is 4. The van der Waals surface area contributed by atoms with Crippen LogP contribution < -0.4 is 0 Å². The number of rotatable bonds is 7. The summed E-state index contributed by atoms with van der Waals surface area (Å²) >= 11 is 0. The lowest BCUT2D eigenvalue weighted by Gasteiger charge is -2.19. The fourth-order valence-electron chi connectivity index (χ4n) is 8.27. The van der Waals surface area contributed by atoms with Crippen LogP contribution in [-0.4, -0.2) is 40.4 Å². The number of nitrogens with one attached hydrogen (secondary N) is 4. The van der Waals surface area contributed by atoms with Crippen LogP contribution in [0.4, 0.5) is 0 Å². The summed E-state index contributed by atoms with van der Waals surface area (Å²) in [6, 6.07) is 38.6. The first-order valence-electron chi connectivity index (χ1n) is 17.8. The molecule has 0 aliphatic rings. The summed E-state index contributed by atoms with van der Waals surface area (Å²) in [4.78, 5) is 13.5. The van der Waals surface area contributed by atoms with Gasteiger partial charge in [0.15, 0.2) is 0 Å². The Kier molecular flexibility index (Phi) is 7.06. The van der Waals surface area contributed by atoms with Crippen molar-refractivity contribution in [3.05, 3.63) is 179 Å². The Balaban J connectivity index is 1.05. The van der Waals surface area contributed by atoms with Crippen molar-refractivity contribution in [3.8, 4) is 34.1 Å². The van der Waals surface area contributed by atoms with E-state index < -0.39 is 0 Å². The molecule has 8 N–H and O–H groups in total. The molecule has 10 aromatic rings. The Bertz CT molecular complexity index is 2640. The third kappa shape index (κ3) is 5.15. The minimum Gasteiger partial charge on any atom is -0.508 e. The van der Waals surface area contributed by atoms with E-state index in [1.54, 1.807) is 48.5 Å². The smallest absolute Gasteiger partial charge is 0.116 e. The van der Waals surface area contributed by atoms with Crippen LogP contribution in [0.25, 0.3) is 54.7 Å². The fourth-order valence-corrected chi connectivity index (χ4v) is 8.27. The summed E-state index contributed by atoms with van der Waals surface area (Å²) in [5, 5.41) is 45.4. The quantitative estimate of drug-likeness (QED) is 0.0834. The van der Waals surface area contributed by atoms with Gasteiger partial charge in [-0.3, -0.25) is 0 Å². The molecule has 0 aliphatic heterocycles. The highest BCUT2D eigenvalue weighted by Crippen LogP contribution is 2.43. The molecule has 10 rings (SSSR count). The molecule has 0 amide bonds. The van der Waals surface area contributed by atoms with Gasteiger partial charge >= 0.3 is 0 Å². The molecule has 6 aromatic carbocycles. The molecule has 8 heteroatoms. The molecule has 54 heavy (non-hydrogen) atoms. The molecule has 4 heterocycles. The third-order valence-electron chi connectivity index (χ3n) is 10.9. The molecule has 0 radical (unpaired) electrons. The van der Waals surface area contributed by atoms with Crippen LogP contribution in [0.5, 0.6) is 23.0 Å². The van der Waals surface area contributed by atoms with E-state index in [9.17, 15) is 20.4 Å². The van der Waals surface area contributed by atoms with Gasteiger partial charge in [0.25, 0.3) is 0 Å². The van der Waals surface area contributed by atoms with Gasteiger partial charge in [-0.05, 0) is 117 Å². The number of phenols is 4. The second-order valence-electron chi connectivity index (χ2n) is 14.0. The molecule has 0 atom stereocenters. The van der Waals surface area contributed by atoms with Crippen molar-refractivity contribution in [2.75, 3.05) is 0 Å². The van der Waals surface area contributed by atoms with E-state index in [-0.39, 0.29) is 34.8 Å². The lowest BCUT2D eigenvalue weighted by atomic mass is 9.83. The fraction of sp³-hybridized carbons (Fsp3) is 0.0435. The number of phenolic OH excluding ortho intramolecular Hbond substituents is 4. The van der Waals surface area contributed by atoms with E-state index in [0.29, 0.717) is 0 Å². The molecule has 0 saturated carbocycles. The summed E-state index contributed by atoms with van der Waals surface area (Å²) in [7, 11) is 0. The molecule has 262 valence electrons. The van der Waals surface area contributed by atoms with Crippen LogP contribution in [0.1, 0.15) is 45.2 Å². The Morgan fingerprint density at radius 1 is 0.315 bits per heavy atom. The second-order valence-corrected chi connectivity index (χ2v) is 14.0. The number of aromatic amines is 4. The first-order chi connectivity index (χ1) is 26.4. The number of benzene rings is 6. The van der Waals surface area contributed by atoms with E-state index >= 15 is 0 Å². The van der Waals surface area contributed by atoms with Crippen molar-refractivity contribution < 1.29 is 20.4 Å². The monoisotopic (exact) mass is 706 g/mol. The number of hydrogen-bond acceptors (Lipinski definition) is 4. The Labute approximate surface area is 308 Å². The number of fused-ring (bicyclic) bond motifs is 4. The first kappa shape index (κ1) is 31.4. The molecule has 8 nitrogen and oxygen atoms in total. The van der Waals surface area contributed by atoms with Gasteiger partial charge in [-0.15, -0.1) is 0 Å². The topological polar surface area (TPSA) is 144 Å². The van der Waals surface area contributed by atoms with Gasteiger partial charge in [0.2, 0.25) is 0 Å². The first-order valence-corrected chi connectivity index (χ1v) is 17.8. The lowest BCUT2D eigenvalue weighted by Crippen LogP contribution is -2.03. The van der Waals surface area contributed by atoms with Crippen molar-refractivity contribution in [2.24, 2.45) is 0 Å². The maximum atomic E-state index is 10.4. The minimum absolute atomic E-state index is 0.195. The van der Waals surface area contributed by atoms with Crippen molar-refractivity contribution in [1.29, 1.82) is 0 Å². The molecular weight excluding hydrogens is 673 g/mol. The average molecular weight is 707 g/mol. The highest BCUT2D eigenvalue weighted by molar-refractivity contribution is 5.92. The predicted molar refractivity (Wildman–Crippen MR) is 214 cm³/mol. The van der Waals surface area contributed by atoms with E-state index in [1.165, 1.54) is 0 Å².